The van der Waals surface area contributed by atoms with Gasteiger partial charge in [0.25, 0.3) is 0 Å². The summed E-state index contributed by atoms with van der Waals surface area (Å²) < 4.78 is 13.4. The average molecular weight is 449 g/mol. The molecule has 3 rings (SSSR count). The van der Waals surface area contributed by atoms with E-state index >= 15 is 0 Å². The maximum atomic E-state index is 12.4. The van der Waals surface area contributed by atoms with E-state index in [1.165, 1.54) is 0 Å². The van der Waals surface area contributed by atoms with Crippen molar-refractivity contribution in [1.82, 2.24) is 4.57 Å². The van der Waals surface area contributed by atoms with Crippen molar-refractivity contribution in [3.05, 3.63) is 69.3 Å². The van der Waals surface area contributed by atoms with Crippen molar-refractivity contribution in [2.45, 2.75) is 13.8 Å². The molecular formula is C21H19BrClNO3. The smallest absolute Gasteiger partial charge is 0.339 e. The third-order valence-electron chi connectivity index (χ3n) is 4.27. The first-order valence-electron chi connectivity index (χ1n) is 8.45. The number of halogens is 2. The summed E-state index contributed by atoms with van der Waals surface area (Å²) in [4.78, 5) is 12.4. The van der Waals surface area contributed by atoms with Gasteiger partial charge in [-0.25, -0.2) is 4.79 Å². The van der Waals surface area contributed by atoms with Crippen LogP contribution in [0.1, 0.15) is 23.0 Å². The molecule has 0 amide bonds. The monoisotopic (exact) mass is 447 g/mol. The molecule has 2 aromatic carbocycles. The summed E-state index contributed by atoms with van der Waals surface area (Å²) >= 11 is 9.57. The van der Waals surface area contributed by atoms with E-state index in [2.05, 4.69) is 15.9 Å². The van der Waals surface area contributed by atoms with Gasteiger partial charge in [0.2, 0.25) is 0 Å². The fourth-order valence-corrected chi connectivity index (χ4v) is 3.65. The minimum atomic E-state index is -0.337. The summed E-state index contributed by atoms with van der Waals surface area (Å²) in [7, 11) is 1.62. The molecular weight excluding hydrogens is 430 g/mol. The number of ether oxygens (including phenoxy) is 2. The van der Waals surface area contributed by atoms with Crippen molar-refractivity contribution in [3.63, 3.8) is 0 Å². The number of carbonyl (C=O) groups excluding carboxylic acids is 1. The fourth-order valence-electron chi connectivity index (χ4n) is 2.98. The summed E-state index contributed by atoms with van der Waals surface area (Å²) in [5.74, 6) is 0.405. The summed E-state index contributed by atoms with van der Waals surface area (Å²) in [6, 6.07) is 15.2. The number of esters is 1. The Morgan fingerprint density at radius 2 is 1.85 bits per heavy atom. The Hall–Kier alpha value is -2.24. The highest BCUT2D eigenvalue weighted by molar-refractivity contribution is 9.10. The van der Waals surface area contributed by atoms with Crippen LogP contribution < -0.4 is 4.74 Å². The van der Waals surface area contributed by atoms with Gasteiger partial charge in [-0.15, -0.1) is 0 Å². The van der Waals surface area contributed by atoms with Gasteiger partial charge in [-0.3, -0.25) is 0 Å². The van der Waals surface area contributed by atoms with Crippen LogP contribution in [0.15, 0.2) is 53.0 Å². The van der Waals surface area contributed by atoms with Crippen LogP contribution in [0.3, 0.4) is 0 Å². The van der Waals surface area contributed by atoms with E-state index in [1.54, 1.807) is 14.0 Å². The lowest BCUT2D eigenvalue weighted by molar-refractivity contribution is 0.0525. The number of hydrogen-bond donors (Lipinski definition) is 0. The van der Waals surface area contributed by atoms with E-state index in [-0.39, 0.29) is 5.97 Å². The maximum Gasteiger partial charge on any atom is 0.339 e. The number of carbonyl (C=O) groups is 1. The molecule has 0 saturated carbocycles. The van der Waals surface area contributed by atoms with Crippen molar-refractivity contribution < 1.29 is 14.3 Å². The molecule has 0 bridgehead atoms. The second kappa shape index (κ2) is 8.19. The number of benzene rings is 2. The van der Waals surface area contributed by atoms with Gasteiger partial charge in [-0.1, -0.05) is 11.6 Å². The highest BCUT2D eigenvalue weighted by atomic mass is 79.9. The van der Waals surface area contributed by atoms with E-state index in [4.69, 9.17) is 21.1 Å². The lowest BCUT2D eigenvalue weighted by Crippen LogP contribution is -2.06. The molecule has 0 saturated heterocycles. The van der Waals surface area contributed by atoms with E-state index in [9.17, 15) is 4.79 Å². The Kier molecular flexibility index (Phi) is 5.92. The van der Waals surface area contributed by atoms with Crippen LogP contribution in [0.25, 0.3) is 16.9 Å². The van der Waals surface area contributed by atoms with E-state index in [1.807, 2.05) is 60.0 Å². The molecule has 1 aromatic heterocycles. The zero-order valence-electron chi connectivity index (χ0n) is 15.3. The number of rotatable bonds is 5. The fraction of sp³-hybridized carbons (Fsp3) is 0.190. The largest absolute Gasteiger partial charge is 0.496 e. The third-order valence-corrected chi connectivity index (χ3v) is 5.15. The minimum absolute atomic E-state index is 0.327. The van der Waals surface area contributed by atoms with Crippen LogP contribution in [0.5, 0.6) is 5.75 Å². The molecule has 0 fully saturated rings. The summed E-state index contributed by atoms with van der Waals surface area (Å²) in [6.07, 6.45) is 0. The molecule has 0 atom stereocenters. The molecule has 0 N–H and O–H groups in total. The van der Waals surface area contributed by atoms with Gasteiger partial charge in [0.1, 0.15) is 5.75 Å². The van der Waals surface area contributed by atoms with Crippen molar-refractivity contribution >= 4 is 33.5 Å². The second-order valence-electron chi connectivity index (χ2n) is 5.91. The Labute approximate surface area is 171 Å². The predicted molar refractivity (Wildman–Crippen MR) is 111 cm³/mol. The van der Waals surface area contributed by atoms with Crippen LogP contribution in [0, 0.1) is 6.92 Å². The number of methoxy groups -OCH3 is 1. The summed E-state index contributed by atoms with van der Waals surface area (Å²) in [6.45, 7) is 4.03. The van der Waals surface area contributed by atoms with Gasteiger partial charge in [0.15, 0.2) is 0 Å². The van der Waals surface area contributed by atoms with Crippen LogP contribution in [-0.4, -0.2) is 24.3 Å². The zero-order valence-corrected chi connectivity index (χ0v) is 17.6. The molecule has 3 aromatic rings. The number of nitrogens with zero attached hydrogens (tertiary/aromatic N) is 1. The van der Waals surface area contributed by atoms with Gasteiger partial charge in [0, 0.05) is 16.4 Å². The first-order valence-corrected chi connectivity index (χ1v) is 9.62. The molecule has 0 radical (unpaired) electrons. The van der Waals surface area contributed by atoms with Crippen molar-refractivity contribution in [1.29, 1.82) is 0 Å². The molecule has 1 heterocycles. The SMILES string of the molecule is CCOC(=O)c1cc(-c2ccc(OC)c(Br)c2)n(-c2ccc(Cl)cc2)c1C. The molecule has 6 heteroatoms. The lowest BCUT2D eigenvalue weighted by Gasteiger charge is -2.13. The minimum Gasteiger partial charge on any atom is -0.496 e. The third kappa shape index (κ3) is 3.89. The van der Waals surface area contributed by atoms with Crippen LogP contribution >= 0.6 is 27.5 Å². The Balaban J connectivity index is 2.22. The normalized spacial score (nSPS) is 10.7. The molecule has 0 aliphatic rings. The van der Waals surface area contributed by atoms with E-state index in [0.29, 0.717) is 17.2 Å². The molecule has 27 heavy (non-hydrogen) atoms. The highest BCUT2D eigenvalue weighted by Gasteiger charge is 2.21. The van der Waals surface area contributed by atoms with E-state index in [0.717, 1.165) is 32.9 Å². The molecule has 4 nitrogen and oxygen atoms in total. The Morgan fingerprint density at radius 1 is 1.15 bits per heavy atom. The first kappa shape index (κ1) is 19.5. The topological polar surface area (TPSA) is 40.5 Å². The van der Waals surface area contributed by atoms with Crippen molar-refractivity contribution in [2.75, 3.05) is 13.7 Å². The van der Waals surface area contributed by atoms with Gasteiger partial charge in [-0.05, 0) is 83.9 Å². The maximum absolute atomic E-state index is 12.4. The van der Waals surface area contributed by atoms with Gasteiger partial charge >= 0.3 is 5.97 Å². The van der Waals surface area contributed by atoms with Crippen molar-refractivity contribution in [3.8, 4) is 22.7 Å². The lowest BCUT2D eigenvalue weighted by atomic mass is 10.1. The standard InChI is InChI=1S/C21H19BrClNO3/c1-4-27-21(25)17-12-19(14-5-10-20(26-3)18(22)11-14)24(13(17)2)16-8-6-15(23)7-9-16/h5-12H,4H2,1-3H3. The van der Waals surface area contributed by atoms with E-state index < -0.39 is 0 Å². The van der Waals surface area contributed by atoms with Gasteiger partial charge in [0.05, 0.1) is 29.4 Å². The predicted octanol–water partition coefficient (Wildman–Crippen LogP) is 6.05. The molecule has 0 spiro atoms. The average Bonchev–Trinajstić information content (AvgIpc) is 3.00. The zero-order chi connectivity index (χ0) is 19.6. The van der Waals surface area contributed by atoms with Crippen LogP contribution in [0.2, 0.25) is 5.02 Å². The molecule has 0 aliphatic carbocycles. The number of aromatic nitrogens is 1. The Bertz CT molecular complexity index is 980. The summed E-state index contributed by atoms with van der Waals surface area (Å²) in [5.41, 5.74) is 4.07. The first-order chi connectivity index (χ1) is 13.0. The van der Waals surface area contributed by atoms with Gasteiger partial charge < -0.3 is 14.0 Å². The summed E-state index contributed by atoms with van der Waals surface area (Å²) in [5, 5.41) is 0.655. The van der Waals surface area contributed by atoms with Gasteiger partial charge in [-0.2, -0.15) is 0 Å². The molecule has 0 aliphatic heterocycles. The van der Waals surface area contributed by atoms with Crippen molar-refractivity contribution in [2.24, 2.45) is 0 Å². The molecule has 140 valence electrons. The van der Waals surface area contributed by atoms with Crippen LogP contribution in [0.4, 0.5) is 0 Å². The quantitative estimate of drug-likeness (QED) is 0.446. The highest BCUT2D eigenvalue weighted by Crippen LogP contribution is 2.34. The van der Waals surface area contributed by atoms with Crippen LogP contribution in [-0.2, 0) is 4.74 Å². The molecule has 0 unspecified atom stereocenters. The second-order valence-corrected chi connectivity index (χ2v) is 7.20. The number of hydrogen-bond acceptors (Lipinski definition) is 3. The Morgan fingerprint density at radius 3 is 2.44 bits per heavy atom.